The number of fused-ring (bicyclic) bond motifs is 1. The Balaban J connectivity index is 0.000000771. The average Bonchev–Trinajstić information content (AvgIpc) is 2.46. The summed E-state index contributed by atoms with van der Waals surface area (Å²) in [5.74, 6) is 0. The number of rotatable bonds is 3. The van der Waals surface area contributed by atoms with Gasteiger partial charge in [0.15, 0.2) is 0 Å². The fraction of sp³-hybridized carbons (Fsp3) is 0.375. The largest absolute Gasteiger partial charge is 0.325 e. The van der Waals surface area contributed by atoms with Crippen molar-refractivity contribution in [2.24, 2.45) is 0 Å². The molecule has 0 bridgehead atoms. The van der Waals surface area contributed by atoms with Crippen molar-refractivity contribution in [3.63, 3.8) is 0 Å². The maximum atomic E-state index is 3.83. The summed E-state index contributed by atoms with van der Waals surface area (Å²) in [5.41, 5.74) is 4.04. The standard InChI is InChI=1S/C14H18N2.C2H6/c1-3-9-16(4-2)14-6-5-12-7-8-15-11-13(12)10-14;1-2/h3-6,9-10,15H,2,7-8,11H2,1H3;1-2H3/b9-3-;. The molecule has 1 aromatic rings. The molecule has 1 aliphatic rings. The Bertz CT molecular complexity index is 408. The lowest BCUT2D eigenvalue weighted by Crippen LogP contribution is -2.23. The SMILES string of the molecule is C=CN(/C=C\C)c1ccc2c(c1)CNCC2.CC. The van der Waals surface area contributed by atoms with E-state index in [-0.39, 0.29) is 0 Å². The lowest BCUT2D eigenvalue weighted by atomic mass is 10.0. The van der Waals surface area contributed by atoms with Crippen molar-refractivity contribution in [3.8, 4) is 0 Å². The molecule has 0 saturated heterocycles. The highest BCUT2D eigenvalue weighted by atomic mass is 15.1. The lowest BCUT2D eigenvalue weighted by Gasteiger charge is -2.21. The number of hydrogen-bond donors (Lipinski definition) is 1. The first-order valence-electron chi connectivity index (χ1n) is 6.71. The molecule has 0 saturated carbocycles. The molecule has 2 nitrogen and oxygen atoms in total. The highest BCUT2D eigenvalue weighted by molar-refractivity contribution is 5.55. The molecule has 1 heterocycles. The summed E-state index contributed by atoms with van der Waals surface area (Å²) in [4.78, 5) is 2.04. The summed E-state index contributed by atoms with van der Waals surface area (Å²) in [6.45, 7) is 11.9. The number of allylic oxidation sites excluding steroid dienone is 1. The van der Waals surface area contributed by atoms with E-state index in [0.29, 0.717) is 0 Å². The van der Waals surface area contributed by atoms with Crippen LogP contribution in [0.1, 0.15) is 31.9 Å². The Morgan fingerprint density at radius 1 is 1.28 bits per heavy atom. The van der Waals surface area contributed by atoms with E-state index in [1.54, 1.807) is 0 Å². The fourth-order valence-electron chi connectivity index (χ4n) is 2.04. The third-order valence-electron chi connectivity index (χ3n) is 2.88. The molecule has 0 fully saturated rings. The third kappa shape index (κ3) is 3.47. The van der Waals surface area contributed by atoms with Crippen molar-refractivity contribution < 1.29 is 0 Å². The minimum Gasteiger partial charge on any atom is -0.325 e. The molecule has 0 aromatic heterocycles. The van der Waals surface area contributed by atoms with Crippen molar-refractivity contribution in [3.05, 3.63) is 54.4 Å². The Hall–Kier alpha value is -1.54. The maximum absolute atomic E-state index is 3.83. The van der Waals surface area contributed by atoms with Crippen molar-refractivity contribution >= 4 is 5.69 Å². The van der Waals surface area contributed by atoms with Gasteiger partial charge in [0.25, 0.3) is 0 Å². The summed E-state index contributed by atoms with van der Waals surface area (Å²) in [6.07, 6.45) is 7.00. The van der Waals surface area contributed by atoms with Gasteiger partial charge in [0.1, 0.15) is 0 Å². The van der Waals surface area contributed by atoms with Crippen LogP contribution in [-0.4, -0.2) is 6.54 Å². The molecule has 0 atom stereocenters. The van der Waals surface area contributed by atoms with Crippen LogP contribution in [-0.2, 0) is 13.0 Å². The van der Waals surface area contributed by atoms with Gasteiger partial charge in [-0.05, 0) is 43.1 Å². The lowest BCUT2D eigenvalue weighted by molar-refractivity contribution is 0.644. The summed E-state index contributed by atoms with van der Waals surface area (Å²) in [7, 11) is 0. The molecule has 0 radical (unpaired) electrons. The van der Waals surface area contributed by atoms with Crippen molar-refractivity contribution in [2.45, 2.75) is 33.7 Å². The molecule has 0 unspecified atom stereocenters. The summed E-state index contributed by atoms with van der Waals surface area (Å²) < 4.78 is 0. The smallest absolute Gasteiger partial charge is 0.0452 e. The Labute approximate surface area is 111 Å². The minimum atomic E-state index is 0.976. The molecule has 98 valence electrons. The highest BCUT2D eigenvalue weighted by Crippen LogP contribution is 2.22. The molecular weight excluding hydrogens is 220 g/mol. The zero-order chi connectivity index (χ0) is 13.4. The van der Waals surface area contributed by atoms with Crippen LogP contribution in [0.3, 0.4) is 0 Å². The summed E-state index contributed by atoms with van der Waals surface area (Å²) in [5, 5.41) is 3.39. The van der Waals surface area contributed by atoms with E-state index in [1.807, 2.05) is 44.1 Å². The van der Waals surface area contributed by atoms with Crippen LogP contribution in [0.5, 0.6) is 0 Å². The van der Waals surface area contributed by atoms with Crippen LogP contribution in [0, 0.1) is 0 Å². The number of benzene rings is 1. The van der Waals surface area contributed by atoms with E-state index in [4.69, 9.17) is 0 Å². The quantitative estimate of drug-likeness (QED) is 0.869. The Kier molecular flexibility index (Phi) is 6.23. The molecular formula is C16H24N2. The van der Waals surface area contributed by atoms with E-state index in [1.165, 1.54) is 16.8 Å². The first-order chi connectivity index (χ1) is 8.85. The van der Waals surface area contributed by atoms with Gasteiger partial charge in [-0.15, -0.1) is 0 Å². The second-order valence-corrected chi connectivity index (χ2v) is 3.95. The van der Waals surface area contributed by atoms with Gasteiger partial charge in [-0.2, -0.15) is 0 Å². The van der Waals surface area contributed by atoms with Crippen molar-refractivity contribution in [1.82, 2.24) is 5.32 Å². The number of nitrogens with one attached hydrogen (secondary N) is 1. The van der Waals surface area contributed by atoms with Gasteiger partial charge in [-0.1, -0.05) is 32.6 Å². The van der Waals surface area contributed by atoms with Crippen LogP contribution in [0.25, 0.3) is 0 Å². The molecule has 1 aromatic carbocycles. The van der Waals surface area contributed by atoms with Crippen LogP contribution >= 0.6 is 0 Å². The molecule has 2 heteroatoms. The monoisotopic (exact) mass is 244 g/mol. The molecule has 0 amide bonds. The van der Waals surface area contributed by atoms with Gasteiger partial charge in [0.05, 0.1) is 0 Å². The van der Waals surface area contributed by atoms with E-state index < -0.39 is 0 Å². The number of anilines is 1. The zero-order valence-electron chi connectivity index (χ0n) is 11.7. The predicted octanol–water partition coefficient (Wildman–Crippen LogP) is 3.84. The highest BCUT2D eigenvalue weighted by Gasteiger charge is 2.09. The Morgan fingerprint density at radius 3 is 2.72 bits per heavy atom. The molecule has 2 rings (SSSR count). The molecule has 0 spiro atoms. The molecule has 0 aliphatic carbocycles. The first kappa shape index (κ1) is 14.5. The van der Waals surface area contributed by atoms with Gasteiger partial charge in [-0.25, -0.2) is 0 Å². The third-order valence-corrected chi connectivity index (χ3v) is 2.88. The van der Waals surface area contributed by atoms with Crippen LogP contribution in [0.15, 0.2) is 43.3 Å². The van der Waals surface area contributed by atoms with Gasteiger partial charge >= 0.3 is 0 Å². The fourth-order valence-corrected chi connectivity index (χ4v) is 2.04. The molecule has 1 N–H and O–H groups in total. The van der Waals surface area contributed by atoms with Gasteiger partial charge in [0.2, 0.25) is 0 Å². The van der Waals surface area contributed by atoms with Crippen LogP contribution in [0.4, 0.5) is 5.69 Å². The van der Waals surface area contributed by atoms with E-state index in [9.17, 15) is 0 Å². The summed E-state index contributed by atoms with van der Waals surface area (Å²) in [6, 6.07) is 6.63. The van der Waals surface area contributed by atoms with E-state index in [0.717, 1.165) is 19.5 Å². The summed E-state index contributed by atoms with van der Waals surface area (Å²) >= 11 is 0. The van der Waals surface area contributed by atoms with Gasteiger partial charge in [0, 0.05) is 24.6 Å². The average molecular weight is 244 g/mol. The second-order valence-electron chi connectivity index (χ2n) is 3.95. The van der Waals surface area contributed by atoms with Crippen molar-refractivity contribution in [2.75, 3.05) is 11.4 Å². The van der Waals surface area contributed by atoms with Gasteiger partial charge < -0.3 is 10.2 Å². The maximum Gasteiger partial charge on any atom is 0.0452 e. The molecule has 18 heavy (non-hydrogen) atoms. The van der Waals surface area contributed by atoms with Crippen molar-refractivity contribution in [1.29, 1.82) is 0 Å². The minimum absolute atomic E-state index is 0.976. The zero-order valence-corrected chi connectivity index (χ0v) is 11.7. The first-order valence-corrected chi connectivity index (χ1v) is 6.71. The second kappa shape index (κ2) is 7.72. The topological polar surface area (TPSA) is 15.3 Å². The number of hydrogen-bond acceptors (Lipinski definition) is 2. The van der Waals surface area contributed by atoms with Crippen LogP contribution in [0.2, 0.25) is 0 Å². The van der Waals surface area contributed by atoms with E-state index >= 15 is 0 Å². The normalized spacial score (nSPS) is 13.5. The predicted molar refractivity (Wildman–Crippen MR) is 80.7 cm³/mol. The number of nitrogens with zero attached hydrogens (tertiary/aromatic N) is 1. The van der Waals surface area contributed by atoms with Gasteiger partial charge in [-0.3, -0.25) is 0 Å². The van der Waals surface area contributed by atoms with Crippen LogP contribution < -0.4 is 10.2 Å². The molecule has 1 aliphatic heterocycles. The Morgan fingerprint density at radius 2 is 2.06 bits per heavy atom. The van der Waals surface area contributed by atoms with E-state index in [2.05, 4.69) is 30.1 Å².